The molecule has 0 amide bonds. The van der Waals surface area contributed by atoms with Gasteiger partial charge in [-0.05, 0) is 34.0 Å². The molecule has 5 rings (SSSR count). The Morgan fingerprint density at radius 2 is 1.00 bits per heavy atom. The first-order valence-electron chi connectivity index (χ1n) is 8.17. The monoisotopic (exact) mass is 305 g/mol. The van der Waals surface area contributed by atoms with Crippen LogP contribution in [-0.4, -0.2) is 5.71 Å². The predicted molar refractivity (Wildman–Crippen MR) is 101 cm³/mol. The Balaban J connectivity index is 1.74. The molecule has 112 valence electrons. The highest BCUT2D eigenvalue weighted by molar-refractivity contribution is 6.25. The molecule has 0 saturated heterocycles. The number of fused-ring (bicyclic) bond motifs is 4. The lowest BCUT2D eigenvalue weighted by atomic mass is 10.1. The van der Waals surface area contributed by atoms with Gasteiger partial charge in [-0.15, -0.1) is 0 Å². The highest BCUT2D eigenvalue weighted by Gasteiger charge is 2.23. The van der Waals surface area contributed by atoms with Gasteiger partial charge in [0.1, 0.15) is 0 Å². The van der Waals surface area contributed by atoms with Crippen molar-refractivity contribution in [3.05, 3.63) is 102 Å². The van der Waals surface area contributed by atoms with Gasteiger partial charge in [0.25, 0.3) is 0 Å². The molecule has 0 saturated carbocycles. The molecule has 1 aliphatic rings. The molecular formula is C23H15N. The number of hydrogen-bond acceptors (Lipinski definition) is 1. The average Bonchev–Trinajstić information content (AvgIpc) is 2.96. The number of rotatable bonds is 1. The summed E-state index contributed by atoms with van der Waals surface area (Å²) in [7, 11) is 0. The van der Waals surface area contributed by atoms with Crippen molar-refractivity contribution in [2.24, 2.45) is 4.99 Å². The summed E-state index contributed by atoms with van der Waals surface area (Å²) in [6.07, 6.45) is 0. The topological polar surface area (TPSA) is 12.4 Å². The second-order valence-corrected chi connectivity index (χ2v) is 6.08. The minimum Gasteiger partial charge on any atom is -0.248 e. The van der Waals surface area contributed by atoms with E-state index in [-0.39, 0.29) is 0 Å². The van der Waals surface area contributed by atoms with Crippen molar-refractivity contribution in [3.63, 3.8) is 0 Å². The number of nitrogens with zero attached hydrogens (tertiary/aromatic N) is 1. The zero-order valence-electron chi connectivity index (χ0n) is 13.1. The molecule has 0 aromatic heterocycles. The van der Waals surface area contributed by atoms with Crippen LogP contribution in [0.25, 0.3) is 21.9 Å². The molecule has 0 fully saturated rings. The van der Waals surface area contributed by atoms with E-state index in [1.54, 1.807) is 0 Å². The first kappa shape index (κ1) is 13.3. The van der Waals surface area contributed by atoms with Crippen LogP contribution in [0, 0.1) is 0 Å². The van der Waals surface area contributed by atoms with Gasteiger partial charge >= 0.3 is 0 Å². The fraction of sp³-hybridized carbons (Fsp3) is 0. The zero-order chi connectivity index (χ0) is 15.9. The van der Waals surface area contributed by atoms with Crippen LogP contribution in [0.2, 0.25) is 0 Å². The summed E-state index contributed by atoms with van der Waals surface area (Å²) in [5.41, 5.74) is 7.03. The third-order valence-electron chi connectivity index (χ3n) is 4.63. The van der Waals surface area contributed by atoms with E-state index in [9.17, 15) is 0 Å². The molecular weight excluding hydrogens is 290 g/mol. The van der Waals surface area contributed by atoms with Crippen molar-refractivity contribution in [2.75, 3.05) is 0 Å². The summed E-state index contributed by atoms with van der Waals surface area (Å²) >= 11 is 0. The maximum absolute atomic E-state index is 5.01. The summed E-state index contributed by atoms with van der Waals surface area (Å²) in [5.74, 6) is 0. The van der Waals surface area contributed by atoms with E-state index < -0.39 is 0 Å². The highest BCUT2D eigenvalue weighted by Crippen LogP contribution is 2.37. The molecule has 0 unspecified atom stereocenters. The van der Waals surface area contributed by atoms with Crippen molar-refractivity contribution in [1.29, 1.82) is 0 Å². The first-order chi connectivity index (χ1) is 11.9. The Morgan fingerprint density at radius 3 is 1.67 bits per heavy atom. The average molecular weight is 305 g/mol. The van der Waals surface area contributed by atoms with Gasteiger partial charge in [-0.25, -0.2) is 4.99 Å². The van der Waals surface area contributed by atoms with Gasteiger partial charge in [-0.1, -0.05) is 78.9 Å². The van der Waals surface area contributed by atoms with Crippen LogP contribution in [0.1, 0.15) is 11.1 Å². The molecule has 0 radical (unpaired) electrons. The molecule has 0 aliphatic heterocycles. The summed E-state index contributed by atoms with van der Waals surface area (Å²) in [6, 6.07) is 31.8. The Bertz CT molecular complexity index is 1060. The summed E-state index contributed by atoms with van der Waals surface area (Å²) < 4.78 is 0. The minimum atomic E-state index is 0.996. The summed E-state index contributed by atoms with van der Waals surface area (Å²) in [6.45, 7) is 0. The normalized spacial score (nSPS) is 12.1. The Hall–Kier alpha value is -3.19. The van der Waals surface area contributed by atoms with E-state index in [2.05, 4.69) is 91.0 Å². The molecule has 4 aromatic carbocycles. The van der Waals surface area contributed by atoms with Crippen molar-refractivity contribution in [2.45, 2.75) is 0 Å². The number of benzene rings is 4. The quantitative estimate of drug-likeness (QED) is 0.361. The standard InChI is InChI=1S/C23H15N/c1-2-8-17-15-18(14-13-16(17)7-1)24-23-21-11-5-3-9-19(21)20-10-4-6-12-22(20)23/h1-15H. The fourth-order valence-corrected chi connectivity index (χ4v) is 3.49. The van der Waals surface area contributed by atoms with Gasteiger partial charge in [0.05, 0.1) is 11.4 Å². The second-order valence-electron chi connectivity index (χ2n) is 6.08. The van der Waals surface area contributed by atoms with Gasteiger partial charge in [0.15, 0.2) is 0 Å². The van der Waals surface area contributed by atoms with Crippen LogP contribution >= 0.6 is 0 Å². The maximum atomic E-state index is 5.01. The lowest BCUT2D eigenvalue weighted by molar-refractivity contribution is 1.52. The van der Waals surface area contributed by atoms with Crippen LogP contribution < -0.4 is 0 Å². The molecule has 0 atom stereocenters. The lowest BCUT2D eigenvalue weighted by Crippen LogP contribution is -1.97. The van der Waals surface area contributed by atoms with E-state index in [0.717, 1.165) is 11.4 Å². The maximum Gasteiger partial charge on any atom is 0.0794 e. The second kappa shape index (κ2) is 5.17. The summed E-state index contributed by atoms with van der Waals surface area (Å²) in [5, 5.41) is 2.47. The van der Waals surface area contributed by atoms with Crippen LogP contribution in [0.3, 0.4) is 0 Å². The molecule has 0 N–H and O–H groups in total. The first-order valence-corrected chi connectivity index (χ1v) is 8.17. The molecule has 0 spiro atoms. The Morgan fingerprint density at radius 1 is 0.458 bits per heavy atom. The highest BCUT2D eigenvalue weighted by atomic mass is 14.8. The lowest BCUT2D eigenvalue weighted by Gasteiger charge is -2.04. The van der Waals surface area contributed by atoms with Gasteiger partial charge in [0.2, 0.25) is 0 Å². The van der Waals surface area contributed by atoms with Gasteiger partial charge in [-0.3, -0.25) is 0 Å². The van der Waals surface area contributed by atoms with Crippen molar-refractivity contribution in [3.8, 4) is 11.1 Å². The van der Waals surface area contributed by atoms with Gasteiger partial charge in [0, 0.05) is 11.1 Å². The minimum absolute atomic E-state index is 0.996. The van der Waals surface area contributed by atoms with Crippen molar-refractivity contribution >= 4 is 22.2 Å². The van der Waals surface area contributed by atoms with Crippen LogP contribution in [-0.2, 0) is 0 Å². The zero-order valence-corrected chi connectivity index (χ0v) is 13.1. The van der Waals surface area contributed by atoms with E-state index in [1.807, 2.05) is 0 Å². The molecule has 24 heavy (non-hydrogen) atoms. The predicted octanol–water partition coefficient (Wildman–Crippen LogP) is 5.99. The number of hydrogen-bond donors (Lipinski definition) is 0. The third-order valence-corrected chi connectivity index (χ3v) is 4.63. The van der Waals surface area contributed by atoms with E-state index in [1.165, 1.54) is 33.0 Å². The van der Waals surface area contributed by atoms with E-state index in [4.69, 9.17) is 4.99 Å². The van der Waals surface area contributed by atoms with Crippen LogP contribution in [0.5, 0.6) is 0 Å². The molecule has 4 aromatic rings. The van der Waals surface area contributed by atoms with E-state index in [0.29, 0.717) is 0 Å². The molecule has 0 heterocycles. The van der Waals surface area contributed by atoms with Crippen molar-refractivity contribution < 1.29 is 0 Å². The molecule has 1 heteroatoms. The van der Waals surface area contributed by atoms with Crippen molar-refractivity contribution in [1.82, 2.24) is 0 Å². The van der Waals surface area contributed by atoms with Crippen LogP contribution in [0.4, 0.5) is 5.69 Å². The fourth-order valence-electron chi connectivity index (χ4n) is 3.49. The van der Waals surface area contributed by atoms with Gasteiger partial charge < -0.3 is 0 Å². The van der Waals surface area contributed by atoms with Gasteiger partial charge in [-0.2, -0.15) is 0 Å². The molecule has 1 aliphatic carbocycles. The summed E-state index contributed by atoms with van der Waals surface area (Å²) in [4.78, 5) is 5.01. The number of aliphatic imine (C=N–C) groups is 1. The largest absolute Gasteiger partial charge is 0.248 e. The smallest absolute Gasteiger partial charge is 0.0794 e. The van der Waals surface area contributed by atoms with Crippen LogP contribution in [0.15, 0.2) is 96.0 Å². The molecule has 1 nitrogen and oxygen atoms in total. The molecule has 0 bridgehead atoms. The Labute approximate surface area is 140 Å². The Kier molecular flexibility index (Phi) is 2.86. The SMILES string of the molecule is c1ccc2c(c1)C(=Nc1ccc3ccccc3c1)c1ccccc1-2. The van der Waals surface area contributed by atoms with E-state index >= 15 is 0 Å². The third kappa shape index (κ3) is 1.99.